The molecule has 182 valence electrons. The fourth-order valence-electron chi connectivity index (χ4n) is 3.10. The van der Waals surface area contributed by atoms with E-state index in [2.05, 4.69) is 53.7 Å². The van der Waals surface area contributed by atoms with Gasteiger partial charge in [0.1, 0.15) is 11.6 Å². The highest BCUT2D eigenvalue weighted by Gasteiger charge is 2.14. The van der Waals surface area contributed by atoms with Crippen LogP contribution in [0.1, 0.15) is 13.8 Å². The summed E-state index contributed by atoms with van der Waals surface area (Å²) in [6.45, 7) is 7.89. The van der Waals surface area contributed by atoms with Gasteiger partial charge in [-0.05, 0) is 59.1 Å². The summed E-state index contributed by atoms with van der Waals surface area (Å²) in [4.78, 5) is 9.49. The van der Waals surface area contributed by atoms with Crippen molar-refractivity contribution in [3.05, 3.63) is 101 Å². The lowest BCUT2D eigenvalue weighted by atomic mass is 10.3. The third-order valence-electron chi connectivity index (χ3n) is 4.64. The topological polar surface area (TPSA) is 88.2 Å². The van der Waals surface area contributed by atoms with Gasteiger partial charge in [0.2, 0.25) is 5.95 Å². The Morgan fingerprint density at radius 2 is 1.89 bits per heavy atom. The van der Waals surface area contributed by atoms with Crippen LogP contribution in [0.5, 0.6) is 11.5 Å². The van der Waals surface area contributed by atoms with Gasteiger partial charge in [0.05, 0.1) is 24.8 Å². The smallest absolute Gasteiger partial charge is 0.229 e. The summed E-state index contributed by atoms with van der Waals surface area (Å²) in [5, 5.41) is 6.45. The number of hydrogen-bond donors (Lipinski definition) is 3. The largest absolute Gasteiger partial charge is 0.455 e. The van der Waals surface area contributed by atoms with Crippen LogP contribution < -0.4 is 20.1 Å². The zero-order valence-electron chi connectivity index (χ0n) is 19.6. The van der Waals surface area contributed by atoms with Crippen LogP contribution in [0.2, 0.25) is 0 Å². The van der Waals surface area contributed by atoms with E-state index in [1.54, 1.807) is 24.4 Å². The number of aromatic nitrogens is 2. The summed E-state index contributed by atoms with van der Waals surface area (Å²) < 4.78 is 22.7. The Hall–Kier alpha value is -3.40. The lowest BCUT2D eigenvalue weighted by molar-refractivity contribution is 0.485. The van der Waals surface area contributed by atoms with Crippen molar-refractivity contribution in [1.29, 1.82) is 0 Å². The van der Waals surface area contributed by atoms with Crippen molar-refractivity contribution in [2.24, 2.45) is 0 Å². The van der Waals surface area contributed by atoms with E-state index in [1.807, 2.05) is 68.4 Å². The lowest BCUT2D eigenvalue weighted by Crippen LogP contribution is -2.25. The third kappa shape index (κ3) is 7.29. The third-order valence-corrected chi connectivity index (χ3v) is 7.13. The molecule has 1 aromatic heterocycles. The van der Waals surface area contributed by atoms with Gasteiger partial charge in [0.15, 0.2) is 5.75 Å². The van der Waals surface area contributed by atoms with E-state index < -0.39 is 9.71 Å². The van der Waals surface area contributed by atoms with E-state index in [0.29, 0.717) is 44.8 Å². The summed E-state index contributed by atoms with van der Waals surface area (Å²) >= 11 is 3.49. The summed E-state index contributed by atoms with van der Waals surface area (Å²) in [6, 6.07) is 17.1. The standard InChI is InChI=1S/C26H28BrN5O2S/c1-5-7-17-24(35(4,33)29-6-2)19(3)30-25-21(27)18-28-26(32-25)31-22-15-11-12-16-23(22)34-20-13-9-8-10-14-20/h5,7-18H,1,4,6H2,2-3H3,(H,29,33)(H2,28,30,31,32)/b17-7-,24-19-. The number of ether oxygens (including phenoxy) is 1. The van der Waals surface area contributed by atoms with Crippen molar-refractivity contribution in [3.63, 3.8) is 0 Å². The molecule has 0 aliphatic heterocycles. The summed E-state index contributed by atoms with van der Waals surface area (Å²) in [6.07, 6.45) is 6.69. The minimum absolute atomic E-state index is 0.359. The van der Waals surface area contributed by atoms with Gasteiger partial charge in [0, 0.05) is 18.4 Å². The Morgan fingerprint density at radius 1 is 1.17 bits per heavy atom. The van der Waals surface area contributed by atoms with Crippen molar-refractivity contribution < 1.29 is 8.95 Å². The first-order valence-corrected chi connectivity index (χ1v) is 13.4. The zero-order chi connectivity index (χ0) is 25.3. The van der Waals surface area contributed by atoms with Crippen molar-refractivity contribution in [2.45, 2.75) is 13.8 Å². The molecule has 0 amide bonds. The zero-order valence-corrected chi connectivity index (χ0v) is 22.0. The first-order valence-electron chi connectivity index (χ1n) is 10.8. The van der Waals surface area contributed by atoms with Gasteiger partial charge in [-0.1, -0.05) is 56.0 Å². The average Bonchev–Trinajstić information content (AvgIpc) is 2.83. The van der Waals surface area contributed by atoms with E-state index in [9.17, 15) is 4.21 Å². The maximum Gasteiger partial charge on any atom is 0.229 e. The second-order valence-corrected chi connectivity index (χ2v) is 10.2. The number of halogens is 1. The minimum Gasteiger partial charge on any atom is -0.455 e. The molecule has 0 radical (unpaired) electrons. The highest BCUT2D eigenvalue weighted by atomic mass is 79.9. The fourth-order valence-corrected chi connectivity index (χ4v) is 4.85. The first kappa shape index (κ1) is 26.2. The van der Waals surface area contributed by atoms with E-state index in [1.165, 1.54) is 0 Å². The van der Waals surface area contributed by atoms with E-state index >= 15 is 0 Å². The summed E-state index contributed by atoms with van der Waals surface area (Å²) in [5.41, 5.74) is 1.33. The summed E-state index contributed by atoms with van der Waals surface area (Å²) in [7, 11) is -2.73. The molecule has 9 heteroatoms. The van der Waals surface area contributed by atoms with Crippen LogP contribution in [0.15, 0.2) is 101 Å². The number of nitrogens with zero attached hydrogens (tertiary/aromatic N) is 2. The van der Waals surface area contributed by atoms with Crippen molar-refractivity contribution in [1.82, 2.24) is 14.7 Å². The fraction of sp³-hybridized carbons (Fsp3) is 0.115. The van der Waals surface area contributed by atoms with Gasteiger partial charge in [0.25, 0.3) is 0 Å². The van der Waals surface area contributed by atoms with Gasteiger partial charge in [-0.15, -0.1) is 0 Å². The SMILES string of the molecule is C=C/C=C\C(=C(/C)Nc1nc(Nc2ccccc2Oc2ccccc2)ncc1Br)S(=C)(=O)NCC. The predicted octanol–water partition coefficient (Wildman–Crippen LogP) is 6.40. The van der Waals surface area contributed by atoms with Crippen molar-refractivity contribution in [3.8, 4) is 11.5 Å². The molecule has 3 N–H and O–H groups in total. The van der Waals surface area contributed by atoms with Crippen LogP contribution in [-0.2, 0) is 9.71 Å². The van der Waals surface area contributed by atoms with E-state index in [0.717, 1.165) is 5.75 Å². The van der Waals surface area contributed by atoms with Gasteiger partial charge >= 0.3 is 0 Å². The Morgan fingerprint density at radius 3 is 2.60 bits per heavy atom. The minimum atomic E-state index is -2.73. The number of para-hydroxylation sites is 3. The number of allylic oxidation sites excluding steroid dienone is 4. The second kappa shape index (κ2) is 12.3. The van der Waals surface area contributed by atoms with Crippen LogP contribution in [0.4, 0.5) is 17.5 Å². The molecule has 0 bridgehead atoms. The van der Waals surface area contributed by atoms with Crippen molar-refractivity contribution in [2.75, 3.05) is 17.2 Å². The molecule has 3 aromatic rings. The number of anilines is 3. The van der Waals surface area contributed by atoms with Gasteiger partial charge < -0.3 is 15.4 Å². The quantitative estimate of drug-likeness (QED) is 0.188. The van der Waals surface area contributed by atoms with Gasteiger partial charge in [-0.2, -0.15) is 4.98 Å². The average molecular weight is 555 g/mol. The number of hydrogen-bond acceptors (Lipinski definition) is 6. The lowest BCUT2D eigenvalue weighted by Gasteiger charge is -2.17. The van der Waals surface area contributed by atoms with Gasteiger partial charge in [-0.3, -0.25) is 0 Å². The van der Waals surface area contributed by atoms with Crippen LogP contribution in [0, 0.1) is 0 Å². The van der Waals surface area contributed by atoms with E-state index in [4.69, 9.17) is 4.74 Å². The molecule has 0 aliphatic rings. The highest BCUT2D eigenvalue weighted by Crippen LogP contribution is 2.31. The van der Waals surface area contributed by atoms with Crippen molar-refractivity contribution >= 4 is 49.0 Å². The first-order chi connectivity index (χ1) is 16.8. The molecule has 2 aromatic carbocycles. The van der Waals surface area contributed by atoms with Crippen LogP contribution in [0.25, 0.3) is 0 Å². The van der Waals surface area contributed by atoms with Gasteiger partial charge in [-0.25, -0.2) is 13.9 Å². The molecule has 1 heterocycles. The monoisotopic (exact) mass is 553 g/mol. The predicted molar refractivity (Wildman–Crippen MR) is 151 cm³/mol. The van der Waals surface area contributed by atoms with Crippen LogP contribution in [0.3, 0.4) is 0 Å². The molecule has 1 atom stereocenters. The Balaban J connectivity index is 1.90. The molecular formula is C26H28BrN5O2S. The highest BCUT2D eigenvalue weighted by molar-refractivity contribution is 9.10. The Labute approximate surface area is 215 Å². The molecule has 0 aliphatic carbocycles. The maximum atomic E-state index is 13.1. The molecule has 35 heavy (non-hydrogen) atoms. The Kier molecular flexibility index (Phi) is 9.25. The summed E-state index contributed by atoms with van der Waals surface area (Å²) in [5.74, 6) is 6.09. The molecule has 0 spiro atoms. The molecule has 7 nitrogen and oxygen atoms in total. The number of rotatable bonds is 11. The molecule has 0 fully saturated rings. The number of nitrogens with one attached hydrogen (secondary N) is 3. The molecule has 3 rings (SSSR count). The van der Waals surface area contributed by atoms with Crippen LogP contribution >= 0.6 is 15.9 Å². The molecular weight excluding hydrogens is 526 g/mol. The van der Waals surface area contributed by atoms with E-state index in [-0.39, 0.29) is 0 Å². The maximum absolute atomic E-state index is 13.1. The van der Waals surface area contributed by atoms with Crippen LogP contribution in [-0.4, -0.2) is 26.6 Å². The Bertz CT molecular complexity index is 1340. The molecule has 0 saturated heterocycles. The number of benzene rings is 2. The second-order valence-electron chi connectivity index (χ2n) is 7.31. The molecule has 1 unspecified atom stereocenters. The normalized spacial score (nSPS) is 13.6. The molecule has 0 saturated carbocycles.